The van der Waals surface area contributed by atoms with Gasteiger partial charge in [0, 0.05) is 38.7 Å². The largest absolute Gasteiger partial charge is 0.308 e. The van der Waals surface area contributed by atoms with Crippen molar-refractivity contribution < 1.29 is 0 Å². The number of para-hydroxylation sites is 2. The van der Waals surface area contributed by atoms with Gasteiger partial charge in [-0.1, -0.05) is 115 Å². The summed E-state index contributed by atoms with van der Waals surface area (Å²) in [6.45, 7) is 0. The molecule has 0 radical (unpaired) electrons. The highest BCUT2D eigenvalue weighted by Crippen LogP contribution is 2.43. The van der Waals surface area contributed by atoms with Crippen molar-refractivity contribution >= 4 is 38.8 Å². The smallest absolute Gasteiger partial charge is 0.0788 e. The molecule has 44 heavy (non-hydrogen) atoms. The number of rotatable bonds is 4. The third-order valence-electron chi connectivity index (χ3n) is 8.97. The summed E-state index contributed by atoms with van der Waals surface area (Å²) in [6, 6.07) is 49.8. The van der Waals surface area contributed by atoms with E-state index in [9.17, 15) is 0 Å². The van der Waals surface area contributed by atoms with Crippen LogP contribution in [0, 0.1) is 0 Å². The summed E-state index contributed by atoms with van der Waals surface area (Å²) < 4.78 is 4.96. The van der Waals surface area contributed by atoms with E-state index in [0.717, 1.165) is 41.0 Å². The van der Waals surface area contributed by atoms with Crippen LogP contribution < -0.4 is 0 Å². The van der Waals surface area contributed by atoms with Crippen LogP contribution in [0.3, 0.4) is 0 Å². The average molecular weight is 564 g/mol. The van der Waals surface area contributed by atoms with Crippen LogP contribution in [-0.4, -0.2) is 14.1 Å². The van der Waals surface area contributed by atoms with E-state index in [0.29, 0.717) is 0 Å². The van der Waals surface area contributed by atoms with Gasteiger partial charge in [-0.15, -0.1) is 0 Å². The molecule has 208 valence electrons. The molecule has 0 spiro atoms. The Labute approximate surface area is 256 Å². The number of hydrogen-bond donors (Lipinski definition) is 0. The lowest BCUT2D eigenvalue weighted by atomic mass is 10.00. The Morgan fingerprint density at radius 2 is 1.09 bits per heavy atom. The van der Waals surface area contributed by atoms with E-state index < -0.39 is 0 Å². The summed E-state index contributed by atoms with van der Waals surface area (Å²) >= 11 is 0. The maximum Gasteiger partial charge on any atom is 0.0788 e. The second-order valence-corrected chi connectivity index (χ2v) is 11.5. The fourth-order valence-corrected chi connectivity index (χ4v) is 7.04. The number of pyridine rings is 1. The van der Waals surface area contributed by atoms with Gasteiger partial charge in [0.2, 0.25) is 0 Å². The minimum atomic E-state index is 0.959. The number of aryl methyl sites for hydroxylation is 1. The first-order chi connectivity index (χ1) is 21.8. The Kier molecular flexibility index (Phi) is 5.63. The van der Waals surface area contributed by atoms with Crippen LogP contribution in [-0.2, 0) is 6.42 Å². The molecule has 5 aromatic carbocycles. The van der Waals surface area contributed by atoms with Gasteiger partial charge in [0.15, 0.2) is 0 Å². The standard InChI is InChI=1S/C41H29N3/c1-4-14-28(15-5-1)36-26-31(27-37(42-36)29-16-6-2-7-17-29)44-39-23-13-11-21-33(39)35-25-24-34-32-20-10-12-22-38(32)43(40(34)41(35)44)30-18-8-3-9-19-30/h1-9,11-19,21-27H,10,20H2. The lowest BCUT2D eigenvalue weighted by molar-refractivity contribution is 0.967. The normalized spacial score (nSPS) is 12.7. The fraction of sp³-hybridized carbons (Fsp3) is 0.0488. The molecule has 0 fully saturated rings. The van der Waals surface area contributed by atoms with Crippen LogP contribution in [0.15, 0.2) is 146 Å². The third kappa shape index (κ3) is 3.79. The molecule has 0 N–H and O–H groups in total. The molecule has 0 amide bonds. The van der Waals surface area contributed by atoms with Crippen LogP contribution in [0.1, 0.15) is 17.7 Å². The molecule has 3 heterocycles. The summed E-state index contributed by atoms with van der Waals surface area (Å²) in [7, 11) is 0. The molecule has 1 aliphatic rings. The van der Waals surface area contributed by atoms with Gasteiger partial charge in [-0.05, 0) is 54.8 Å². The zero-order valence-electron chi connectivity index (χ0n) is 24.2. The molecule has 3 aromatic heterocycles. The lowest BCUT2D eigenvalue weighted by Gasteiger charge is -2.15. The molecule has 0 saturated heterocycles. The Balaban J connectivity index is 1.46. The zero-order chi connectivity index (χ0) is 29.0. The van der Waals surface area contributed by atoms with Crippen molar-refractivity contribution in [3.8, 4) is 33.9 Å². The number of hydrogen-bond acceptors (Lipinski definition) is 1. The van der Waals surface area contributed by atoms with Crippen molar-refractivity contribution in [3.05, 3.63) is 157 Å². The summed E-state index contributed by atoms with van der Waals surface area (Å²) in [4.78, 5) is 5.20. The maximum atomic E-state index is 5.20. The van der Waals surface area contributed by atoms with E-state index in [1.54, 1.807) is 0 Å². The SMILES string of the molecule is C1=Cc2c(c3ccc4c5ccccc5n(-c5cc(-c6ccccc6)nc(-c6ccccc6)c5)c4c3n2-c2ccccc2)CC1. The summed E-state index contributed by atoms with van der Waals surface area (Å²) in [5, 5.41) is 3.83. The van der Waals surface area contributed by atoms with E-state index in [2.05, 4.69) is 161 Å². The Morgan fingerprint density at radius 1 is 0.500 bits per heavy atom. The van der Waals surface area contributed by atoms with Crippen molar-refractivity contribution in [2.45, 2.75) is 12.8 Å². The Bertz CT molecular complexity index is 2300. The van der Waals surface area contributed by atoms with Crippen LogP contribution in [0.5, 0.6) is 0 Å². The van der Waals surface area contributed by atoms with Gasteiger partial charge in [-0.2, -0.15) is 0 Å². The molecule has 0 unspecified atom stereocenters. The molecule has 9 rings (SSSR count). The predicted octanol–water partition coefficient (Wildman–Crippen LogP) is 10.4. The van der Waals surface area contributed by atoms with Gasteiger partial charge in [0.05, 0.1) is 33.6 Å². The molecule has 1 aliphatic carbocycles. The van der Waals surface area contributed by atoms with E-state index in [4.69, 9.17) is 4.98 Å². The number of fused-ring (bicyclic) bond motifs is 7. The average Bonchev–Trinajstić information content (AvgIpc) is 3.62. The van der Waals surface area contributed by atoms with Gasteiger partial charge in [-0.25, -0.2) is 4.98 Å². The van der Waals surface area contributed by atoms with Crippen molar-refractivity contribution in [1.29, 1.82) is 0 Å². The van der Waals surface area contributed by atoms with E-state index in [1.165, 1.54) is 49.7 Å². The quantitative estimate of drug-likeness (QED) is 0.209. The molecule has 0 atom stereocenters. The molecule has 0 bridgehead atoms. The van der Waals surface area contributed by atoms with Crippen LogP contribution >= 0.6 is 0 Å². The number of benzene rings is 5. The highest BCUT2D eigenvalue weighted by molar-refractivity contribution is 6.19. The second kappa shape index (κ2) is 9.96. The molecule has 0 aliphatic heterocycles. The molecule has 3 nitrogen and oxygen atoms in total. The lowest BCUT2D eigenvalue weighted by Crippen LogP contribution is -2.02. The van der Waals surface area contributed by atoms with Gasteiger partial charge >= 0.3 is 0 Å². The number of allylic oxidation sites excluding steroid dienone is 1. The fourth-order valence-electron chi connectivity index (χ4n) is 7.04. The maximum absolute atomic E-state index is 5.20. The van der Waals surface area contributed by atoms with Crippen molar-refractivity contribution in [3.63, 3.8) is 0 Å². The molecule has 0 saturated carbocycles. The minimum Gasteiger partial charge on any atom is -0.308 e. The van der Waals surface area contributed by atoms with Crippen molar-refractivity contribution in [2.24, 2.45) is 0 Å². The first kappa shape index (κ1) is 24.9. The number of nitrogens with zero attached hydrogens (tertiary/aromatic N) is 3. The third-order valence-corrected chi connectivity index (χ3v) is 8.97. The van der Waals surface area contributed by atoms with E-state index >= 15 is 0 Å². The predicted molar refractivity (Wildman–Crippen MR) is 184 cm³/mol. The first-order valence-electron chi connectivity index (χ1n) is 15.3. The zero-order valence-corrected chi connectivity index (χ0v) is 24.2. The first-order valence-corrected chi connectivity index (χ1v) is 15.3. The van der Waals surface area contributed by atoms with Crippen LogP contribution in [0.4, 0.5) is 0 Å². The summed E-state index contributed by atoms with van der Waals surface area (Å²) in [6.07, 6.45) is 6.74. The highest BCUT2D eigenvalue weighted by Gasteiger charge is 2.24. The van der Waals surface area contributed by atoms with Gasteiger partial charge in [0.1, 0.15) is 0 Å². The van der Waals surface area contributed by atoms with Crippen LogP contribution in [0.2, 0.25) is 0 Å². The van der Waals surface area contributed by atoms with Crippen molar-refractivity contribution in [1.82, 2.24) is 14.1 Å². The summed E-state index contributed by atoms with van der Waals surface area (Å²) in [5.41, 5.74) is 12.8. The van der Waals surface area contributed by atoms with Gasteiger partial charge < -0.3 is 9.13 Å². The Hall–Kier alpha value is -5.67. The van der Waals surface area contributed by atoms with Gasteiger partial charge in [-0.3, -0.25) is 0 Å². The number of aromatic nitrogens is 3. The topological polar surface area (TPSA) is 22.8 Å². The summed E-state index contributed by atoms with van der Waals surface area (Å²) in [5.74, 6) is 0. The molecule has 8 aromatic rings. The van der Waals surface area contributed by atoms with Gasteiger partial charge in [0.25, 0.3) is 0 Å². The monoisotopic (exact) mass is 563 g/mol. The minimum absolute atomic E-state index is 0.959. The highest BCUT2D eigenvalue weighted by atomic mass is 15.1. The van der Waals surface area contributed by atoms with Crippen LogP contribution in [0.25, 0.3) is 72.7 Å². The Morgan fingerprint density at radius 3 is 1.80 bits per heavy atom. The van der Waals surface area contributed by atoms with E-state index in [-0.39, 0.29) is 0 Å². The molecular weight excluding hydrogens is 534 g/mol. The van der Waals surface area contributed by atoms with Crippen molar-refractivity contribution in [2.75, 3.05) is 0 Å². The second-order valence-electron chi connectivity index (χ2n) is 11.5. The molecule has 3 heteroatoms. The molecular formula is C41H29N3. The van der Waals surface area contributed by atoms with E-state index in [1.807, 2.05) is 0 Å².